The van der Waals surface area contributed by atoms with E-state index in [0.717, 1.165) is 11.1 Å². The van der Waals surface area contributed by atoms with Crippen LogP contribution in [0.1, 0.15) is 45.7 Å². The van der Waals surface area contributed by atoms with E-state index in [1.54, 1.807) is 6.92 Å². The van der Waals surface area contributed by atoms with Crippen molar-refractivity contribution in [1.82, 2.24) is 0 Å². The molecule has 1 unspecified atom stereocenters. The molecule has 0 radical (unpaired) electrons. The van der Waals surface area contributed by atoms with Crippen molar-refractivity contribution in [3.05, 3.63) is 89.5 Å². The van der Waals surface area contributed by atoms with Gasteiger partial charge in [-0.15, -0.1) is 0 Å². The second-order valence-electron chi connectivity index (χ2n) is 7.38. The van der Waals surface area contributed by atoms with Crippen LogP contribution in [-0.2, 0) is 10.2 Å². The molecule has 25 heavy (non-hydrogen) atoms. The molecule has 0 fully saturated rings. The van der Waals surface area contributed by atoms with E-state index in [2.05, 4.69) is 56.3 Å². The molecule has 1 nitrogen and oxygen atoms in total. The van der Waals surface area contributed by atoms with Gasteiger partial charge in [-0.05, 0) is 31.9 Å². The quantitative estimate of drug-likeness (QED) is 0.597. The molecule has 0 spiro atoms. The summed E-state index contributed by atoms with van der Waals surface area (Å²) >= 11 is 0. The van der Waals surface area contributed by atoms with Gasteiger partial charge in [0.15, 0.2) is 0 Å². The molecule has 1 aromatic carbocycles. The third-order valence-electron chi connectivity index (χ3n) is 5.08. The van der Waals surface area contributed by atoms with E-state index in [1.807, 2.05) is 50.3 Å². The second kappa shape index (κ2) is 7.65. The first kappa shape index (κ1) is 18.9. The van der Waals surface area contributed by atoms with E-state index in [4.69, 9.17) is 0 Å². The molecule has 0 aliphatic heterocycles. The van der Waals surface area contributed by atoms with Gasteiger partial charge in [0.25, 0.3) is 0 Å². The van der Waals surface area contributed by atoms with Gasteiger partial charge in [-0.1, -0.05) is 98.3 Å². The predicted octanol–water partition coefficient (Wildman–Crippen LogP) is 6.21. The molecule has 1 aromatic rings. The molecule has 1 aliphatic rings. The van der Waals surface area contributed by atoms with E-state index in [9.17, 15) is 4.79 Å². The minimum absolute atomic E-state index is 0.127. The van der Waals surface area contributed by atoms with Crippen LogP contribution in [0.25, 0.3) is 6.08 Å². The highest BCUT2D eigenvalue weighted by molar-refractivity contribution is 5.89. The molecule has 0 amide bonds. The zero-order valence-corrected chi connectivity index (χ0v) is 15.9. The van der Waals surface area contributed by atoms with Crippen molar-refractivity contribution < 1.29 is 4.79 Å². The Morgan fingerprint density at radius 2 is 1.40 bits per heavy atom. The van der Waals surface area contributed by atoms with Gasteiger partial charge >= 0.3 is 0 Å². The largest absolute Gasteiger partial charge is 0.299 e. The summed E-state index contributed by atoms with van der Waals surface area (Å²) in [6, 6.07) is 16.5. The molecule has 1 atom stereocenters. The molecule has 0 saturated heterocycles. The number of ketones is 1. The van der Waals surface area contributed by atoms with Crippen molar-refractivity contribution in [3.63, 3.8) is 0 Å². The van der Waals surface area contributed by atoms with Gasteiger partial charge in [0.1, 0.15) is 5.78 Å². The first-order valence-electron chi connectivity index (χ1n) is 8.77. The van der Waals surface area contributed by atoms with Crippen molar-refractivity contribution in [1.29, 1.82) is 0 Å². The number of hydrogen-bond donors (Lipinski definition) is 0. The van der Waals surface area contributed by atoms with Crippen LogP contribution in [0.4, 0.5) is 0 Å². The van der Waals surface area contributed by atoms with Crippen LogP contribution in [-0.4, -0.2) is 5.78 Å². The lowest BCUT2D eigenvalue weighted by atomic mass is 9.75. The highest BCUT2D eigenvalue weighted by Crippen LogP contribution is 2.35. The van der Waals surface area contributed by atoms with Crippen LogP contribution < -0.4 is 0 Å². The van der Waals surface area contributed by atoms with Crippen molar-refractivity contribution in [3.8, 4) is 0 Å². The maximum atomic E-state index is 12.3. The lowest BCUT2D eigenvalue weighted by Crippen LogP contribution is -2.25. The first-order valence-corrected chi connectivity index (χ1v) is 8.77. The molecule has 0 saturated carbocycles. The SMILES string of the molecule is CC(=O)C1(C)/C=C\C=C\C(C)(C)c2ccccccccc2C=C1C. The maximum absolute atomic E-state index is 12.3. The van der Waals surface area contributed by atoms with Gasteiger partial charge in [0, 0.05) is 5.41 Å². The van der Waals surface area contributed by atoms with Gasteiger partial charge in [-0.2, -0.15) is 0 Å². The smallest absolute Gasteiger partial charge is 0.143 e. The monoisotopic (exact) mass is 332 g/mol. The number of carbonyl (C=O) groups is 1. The molecule has 0 N–H and O–H groups in total. The molecule has 130 valence electrons. The fourth-order valence-electron chi connectivity index (χ4n) is 3.01. The fraction of sp³-hybridized carbons (Fsp3) is 0.292. The minimum Gasteiger partial charge on any atom is -0.299 e. The Morgan fingerprint density at radius 1 is 0.840 bits per heavy atom. The standard InChI is InChI=1S/C24H28O/c1-19-18-21-14-10-8-6-7-9-11-15-22(21)23(3,4)16-12-13-17-24(19,5)20(2)25/h6-18H,1-5H3/b7-6?,8-6?,9-7?,10-8?,11-9?,14-10?,15-11?,16-12+,17-13-,19-18?,21-14?,22-15?,22-21?. The summed E-state index contributed by atoms with van der Waals surface area (Å²) < 4.78 is 0. The van der Waals surface area contributed by atoms with Gasteiger partial charge < -0.3 is 0 Å². The van der Waals surface area contributed by atoms with Crippen LogP contribution in [0.15, 0.2) is 78.4 Å². The van der Waals surface area contributed by atoms with Crippen molar-refractivity contribution in [2.75, 3.05) is 0 Å². The molecule has 0 bridgehead atoms. The maximum Gasteiger partial charge on any atom is 0.143 e. The predicted molar refractivity (Wildman–Crippen MR) is 108 cm³/mol. The van der Waals surface area contributed by atoms with Gasteiger partial charge in [0.2, 0.25) is 0 Å². The Labute approximate surface area is 152 Å². The number of fused-ring (bicyclic) bond motifs is 1. The van der Waals surface area contributed by atoms with Crippen LogP contribution in [0.2, 0.25) is 0 Å². The highest BCUT2D eigenvalue weighted by Gasteiger charge is 2.29. The number of carbonyl (C=O) groups excluding carboxylic acids is 1. The lowest BCUT2D eigenvalue weighted by Gasteiger charge is -2.27. The van der Waals surface area contributed by atoms with Crippen LogP contribution in [0.3, 0.4) is 0 Å². The Hall–Kier alpha value is -2.41. The van der Waals surface area contributed by atoms with Crippen molar-refractivity contribution in [2.45, 2.75) is 40.0 Å². The van der Waals surface area contributed by atoms with E-state index in [-0.39, 0.29) is 11.2 Å². The third-order valence-corrected chi connectivity index (χ3v) is 5.08. The summed E-state index contributed by atoms with van der Waals surface area (Å²) in [5.74, 6) is 0.148. The summed E-state index contributed by atoms with van der Waals surface area (Å²) in [6.07, 6.45) is 10.4. The Balaban J connectivity index is 2.87. The van der Waals surface area contributed by atoms with E-state index in [0.29, 0.717) is 0 Å². The van der Waals surface area contributed by atoms with Gasteiger partial charge in [-0.25, -0.2) is 0 Å². The first-order chi connectivity index (χ1) is 11.8. The van der Waals surface area contributed by atoms with E-state index in [1.165, 1.54) is 5.56 Å². The lowest BCUT2D eigenvalue weighted by molar-refractivity contribution is -0.121. The number of allylic oxidation sites excluding steroid dienone is 5. The normalized spacial score (nSPS) is 24.1. The number of hydrogen-bond acceptors (Lipinski definition) is 1. The molecular formula is C24H28O. The van der Waals surface area contributed by atoms with Gasteiger partial charge in [0.05, 0.1) is 5.41 Å². The van der Waals surface area contributed by atoms with Crippen LogP contribution in [0, 0.1) is 5.41 Å². The molecule has 0 aromatic heterocycles. The molecule has 2 rings (SSSR count). The summed E-state index contributed by atoms with van der Waals surface area (Å²) in [5.41, 5.74) is 2.68. The van der Waals surface area contributed by atoms with Crippen molar-refractivity contribution >= 4 is 11.9 Å². The Morgan fingerprint density at radius 3 is 2.04 bits per heavy atom. The summed E-state index contributed by atoms with van der Waals surface area (Å²) in [5, 5.41) is 0. The molecule has 1 heteroatoms. The zero-order chi connectivity index (χ0) is 18.5. The van der Waals surface area contributed by atoms with Crippen LogP contribution in [0.5, 0.6) is 0 Å². The minimum atomic E-state index is -0.591. The molecule has 0 heterocycles. The summed E-state index contributed by atoms with van der Waals surface area (Å²) in [6.45, 7) is 10.1. The summed E-state index contributed by atoms with van der Waals surface area (Å²) in [4.78, 5) is 12.3. The Kier molecular flexibility index (Phi) is 5.79. The van der Waals surface area contributed by atoms with Crippen LogP contribution >= 0.6 is 0 Å². The summed E-state index contributed by atoms with van der Waals surface area (Å²) in [7, 11) is 0. The zero-order valence-electron chi connectivity index (χ0n) is 15.9. The van der Waals surface area contributed by atoms with Gasteiger partial charge in [-0.3, -0.25) is 4.79 Å². The molecular weight excluding hydrogens is 304 g/mol. The fourth-order valence-corrected chi connectivity index (χ4v) is 3.01. The number of Topliss-reactive ketones (excluding diaryl/α,β-unsaturated/α-hetero) is 1. The third kappa shape index (κ3) is 4.36. The van der Waals surface area contributed by atoms with Crippen molar-refractivity contribution in [2.24, 2.45) is 5.41 Å². The number of rotatable bonds is 1. The average Bonchev–Trinajstić information content (AvgIpc) is 2.55. The Bertz CT molecular complexity index is 791. The van der Waals surface area contributed by atoms with E-state index >= 15 is 0 Å². The van der Waals surface area contributed by atoms with E-state index < -0.39 is 5.41 Å². The average molecular weight is 332 g/mol. The second-order valence-corrected chi connectivity index (χ2v) is 7.38. The molecule has 1 aliphatic carbocycles. The topological polar surface area (TPSA) is 17.1 Å². The highest BCUT2D eigenvalue weighted by atomic mass is 16.1.